The number of carbonyl (C=O) groups is 1. The zero-order valence-corrected chi connectivity index (χ0v) is 16.2. The van der Waals surface area contributed by atoms with Crippen LogP contribution in [0, 0.1) is 0 Å². The number of hydrogen-bond donors (Lipinski definition) is 1. The van der Waals surface area contributed by atoms with Crippen LogP contribution in [0.2, 0.25) is 0 Å². The van der Waals surface area contributed by atoms with Crippen LogP contribution in [-0.4, -0.2) is 38.9 Å². The number of ether oxygens (including phenoxy) is 4. The first-order chi connectivity index (χ1) is 12.6. The van der Waals surface area contributed by atoms with Crippen LogP contribution in [0.3, 0.4) is 0 Å². The van der Waals surface area contributed by atoms with Gasteiger partial charge in [0.2, 0.25) is 0 Å². The fourth-order valence-electron chi connectivity index (χ4n) is 2.63. The number of halogens is 1. The molecule has 1 atom stereocenters. The third-order valence-corrected chi connectivity index (χ3v) is 4.42. The van der Waals surface area contributed by atoms with E-state index in [1.54, 1.807) is 19.2 Å². The Balaban J connectivity index is 1.65. The molecule has 0 aromatic heterocycles. The molecule has 0 aliphatic carbocycles. The van der Waals surface area contributed by atoms with E-state index in [4.69, 9.17) is 18.9 Å². The van der Waals surface area contributed by atoms with Crippen molar-refractivity contribution in [1.29, 1.82) is 0 Å². The minimum atomic E-state index is -0.248. The maximum absolute atomic E-state index is 12.5. The van der Waals surface area contributed by atoms with Crippen LogP contribution in [0.5, 0.6) is 23.0 Å². The second-order valence-electron chi connectivity index (χ2n) is 5.63. The van der Waals surface area contributed by atoms with Crippen molar-refractivity contribution in [2.24, 2.45) is 0 Å². The molecule has 1 amide bonds. The number of para-hydroxylation sites is 2. The van der Waals surface area contributed by atoms with E-state index in [1.165, 1.54) is 0 Å². The molecule has 1 aliphatic rings. The van der Waals surface area contributed by atoms with E-state index in [9.17, 15) is 4.79 Å². The third-order valence-electron chi connectivity index (χ3n) is 3.83. The Morgan fingerprint density at radius 1 is 1.31 bits per heavy atom. The Morgan fingerprint density at radius 3 is 2.81 bits per heavy atom. The van der Waals surface area contributed by atoms with Crippen LogP contribution in [0.25, 0.3) is 0 Å². The summed E-state index contributed by atoms with van der Waals surface area (Å²) < 4.78 is 23.0. The summed E-state index contributed by atoms with van der Waals surface area (Å²) in [5.41, 5.74) is 0.471. The fourth-order valence-corrected chi connectivity index (χ4v) is 3.24. The van der Waals surface area contributed by atoms with E-state index in [0.717, 1.165) is 5.75 Å². The molecule has 0 fully saturated rings. The molecule has 0 radical (unpaired) electrons. The van der Waals surface area contributed by atoms with Gasteiger partial charge in [0.15, 0.2) is 23.0 Å². The Kier molecular flexibility index (Phi) is 5.88. The lowest BCUT2D eigenvalue weighted by atomic mass is 10.2. The van der Waals surface area contributed by atoms with E-state index in [0.29, 0.717) is 47.0 Å². The van der Waals surface area contributed by atoms with Crippen molar-refractivity contribution < 1.29 is 23.7 Å². The molecule has 2 aromatic carbocycles. The van der Waals surface area contributed by atoms with Crippen molar-refractivity contribution in [2.45, 2.75) is 13.0 Å². The highest BCUT2D eigenvalue weighted by molar-refractivity contribution is 9.10. The second kappa shape index (κ2) is 8.31. The van der Waals surface area contributed by atoms with Crippen LogP contribution < -0.4 is 24.3 Å². The molecule has 2 aromatic rings. The van der Waals surface area contributed by atoms with Crippen molar-refractivity contribution in [2.75, 3.05) is 26.9 Å². The van der Waals surface area contributed by atoms with Crippen molar-refractivity contribution in [3.63, 3.8) is 0 Å². The molecule has 0 saturated carbocycles. The Labute approximate surface area is 160 Å². The maximum Gasteiger partial charge on any atom is 0.251 e. The lowest BCUT2D eigenvalue weighted by molar-refractivity contribution is 0.0789. The highest BCUT2D eigenvalue weighted by atomic mass is 79.9. The van der Waals surface area contributed by atoms with Crippen LogP contribution >= 0.6 is 15.9 Å². The quantitative estimate of drug-likeness (QED) is 0.773. The standard InChI is InChI=1S/C19H20BrNO5/c1-3-24-17-9-12(8-14(20)18(17)23-2)19(22)21-10-13-11-25-15-6-4-5-7-16(15)26-13/h4-9,13H,3,10-11H2,1-2H3,(H,21,22)/t13-/m0/s1. The topological polar surface area (TPSA) is 66.0 Å². The fraction of sp³-hybridized carbons (Fsp3) is 0.316. The van der Waals surface area contributed by atoms with Gasteiger partial charge >= 0.3 is 0 Å². The smallest absolute Gasteiger partial charge is 0.251 e. The lowest BCUT2D eigenvalue weighted by Gasteiger charge is -2.26. The van der Waals surface area contributed by atoms with Gasteiger partial charge in [-0.2, -0.15) is 0 Å². The monoisotopic (exact) mass is 421 g/mol. The van der Waals surface area contributed by atoms with Gasteiger partial charge in [0, 0.05) is 5.56 Å². The van der Waals surface area contributed by atoms with E-state index < -0.39 is 0 Å². The number of methoxy groups -OCH3 is 1. The van der Waals surface area contributed by atoms with Crippen molar-refractivity contribution in [3.8, 4) is 23.0 Å². The van der Waals surface area contributed by atoms with Crippen molar-refractivity contribution in [3.05, 3.63) is 46.4 Å². The van der Waals surface area contributed by atoms with Gasteiger partial charge in [0.25, 0.3) is 5.91 Å². The third kappa shape index (κ3) is 4.04. The number of hydrogen-bond acceptors (Lipinski definition) is 5. The van der Waals surface area contributed by atoms with Crippen molar-refractivity contribution >= 4 is 21.8 Å². The SMILES string of the molecule is CCOc1cc(C(=O)NC[C@H]2COc3ccccc3O2)cc(Br)c1OC. The van der Waals surface area contributed by atoms with E-state index in [-0.39, 0.29) is 12.0 Å². The minimum absolute atomic E-state index is 0.225. The van der Waals surface area contributed by atoms with Crippen LogP contribution in [0.1, 0.15) is 17.3 Å². The Hall–Kier alpha value is -2.41. The largest absolute Gasteiger partial charge is 0.492 e. The zero-order valence-electron chi connectivity index (χ0n) is 14.6. The number of nitrogens with one attached hydrogen (secondary N) is 1. The van der Waals surface area contributed by atoms with Gasteiger partial charge < -0.3 is 24.3 Å². The number of rotatable bonds is 6. The number of fused-ring (bicyclic) bond motifs is 1. The molecule has 138 valence electrons. The second-order valence-corrected chi connectivity index (χ2v) is 6.48. The van der Waals surface area contributed by atoms with Gasteiger partial charge in [-0.1, -0.05) is 12.1 Å². The summed E-state index contributed by atoms with van der Waals surface area (Å²) in [4.78, 5) is 12.5. The van der Waals surface area contributed by atoms with Gasteiger partial charge in [-0.15, -0.1) is 0 Å². The average molecular weight is 422 g/mol. The normalized spacial score (nSPS) is 15.3. The molecule has 0 bridgehead atoms. The molecule has 3 rings (SSSR count). The maximum atomic E-state index is 12.5. The number of amides is 1. The molecule has 0 saturated heterocycles. The summed E-state index contributed by atoms with van der Waals surface area (Å²) in [7, 11) is 1.56. The molecule has 7 heteroatoms. The summed E-state index contributed by atoms with van der Waals surface area (Å²) in [6.07, 6.45) is -0.248. The molecule has 1 N–H and O–H groups in total. The Bertz CT molecular complexity index is 795. The molecule has 6 nitrogen and oxygen atoms in total. The Morgan fingerprint density at radius 2 is 2.08 bits per heavy atom. The summed E-state index contributed by atoms with van der Waals surface area (Å²) in [5.74, 6) is 2.25. The first-order valence-electron chi connectivity index (χ1n) is 8.29. The van der Waals surface area contributed by atoms with Crippen LogP contribution in [0.4, 0.5) is 0 Å². The molecule has 1 aliphatic heterocycles. The minimum Gasteiger partial charge on any atom is -0.492 e. The molecule has 0 unspecified atom stereocenters. The molecule has 1 heterocycles. The van der Waals surface area contributed by atoms with E-state index in [1.807, 2.05) is 31.2 Å². The van der Waals surface area contributed by atoms with E-state index >= 15 is 0 Å². The van der Waals surface area contributed by atoms with Crippen LogP contribution in [0.15, 0.2) is 40.9 Å². The molecular weight excluding hydrogens is 402 g/mol. The highest BCUT2D eigenvalue weighted by Crippen LogP contribution is 2.36. The lowest BCUT2D eigenvalue weighted by Crippen LogP contribution is -2.40. The number of carbonyl (C=O) groups excluding carboxylic acids is 1. The predicted octanol–water partition coefficient (Wildman–Crippen LogP) is 3.43. The van der Waals surface area contributed by atoms with Gasteiger partial charge in [0.1, 0.15) is 12.7 Å². The first kappa shape index (κ1) is 18.4. The van der Waals surface area contributed by atoms with Gasteiger partial charge in [-0.05, 0) is 47.1 Å². The highest BCUT2D eigenvalue weighted by Gasteiger charge is 2.22. The molecular formula is C19H20BrNO5. The van der Waals surface area contributed by atoms with Crippen LogP contribution in [-0.2, 0) is 0 Å². The summed E-state index contributed by atoms with van der Waals surface area (Å²) in [5, 5.41) is 2.87. The molecule has 26 heavy (non-hydrogen) atoms. The number of benzene rings is 2. The predicted molar refractivity (Wildman–Crippen MR) is 101 cm³/mol. The van der Waals surface area contributed by atoms with Crippen molar-refractivity contribution in [1.82, 2.24) is 5.32 Å². The van der Waals surface area contributed by atoms with Gasteiger partial charge in [0.05, 0.1) is 24.7 Å². The zero-order chi connectivity index (χ0) is 18.5. The first-order valence-corrected chi connectivity index (χ1v) is 9.08. The summed E-state index contributed by atoms with van der Waals surface area (Å²) in [6, 6.07) is 10.8. The van der Waals surface area contributed by atoms with Gasteiger partial charge in [-0.25, -0.2) is 0 Å². The van der Waals surface area contributed by atoms with E-state index in [2.05, 4.69) is 21.2 Å². The summed E-state index contributed by atoms with van der Waals surface area (Å²) in [6.45, 7) is 3.06. The summed E-state index contributed by atoms with van der Waals surface area (Å²) >= 11 is 3.41. The molecule has 0 spiro atoms. The average Bonchev–Trinajstić information content (AvgIpc) is 2.66. The van der Waals surface area contributed by atoms with Gasteiger partial charge in [-0.3, -0.25) is 4.79 Å².